The smallest absolute Gasteiger partial charge is 0.344 e. The maximum atomic E-state index is 11.8. The quantitative estimate of drug-likeness (QED) is 0.499. The Labute approximate surface area is 162 Å². The predicted molar refractivity (Wildman–Crippen MR) is 108 cm³/mol. The van der Waals surface area contributed by atoms with Crippen LogP contribution < -0.4 is 4.74 Å². The van der Waals surface area contributed by atoms with E-state index in [9.17, 15) is 4.79 Å². The van der Waals surface area contributed by atoms with E-state index in [2.05, 4.69) is 46.3 Å². The molecule has 3 rings (SSSR count). The van der Waals surface area contributed by atoms with Gasteiger partial charge in [0.25, 0.3) is 0 Å². The largest absolute Gasteiger partial charge is 0.482 e. The first kappa shape index (κ1) is 18.5. The molecule has 0 saturated carbocycles. The van der Waals surface area contributed by atoms with Crippen molar-refractivity contribution < 1.29 is 14.3 Å². The molecule has 3 aromatic rings. The summed E-state index contributed by atoms with van der Waals surface area (Å²) in [7, 11) is 0. The molecule has 0 heterocycles. The van der Waals surface area contributed by atoms with Gasteiger partial charge < -0.3 is 9.47 Å². The summed E-state index contributed by atoms with van der Waals surface area (Å²) in [5.74, 6) is 0.334. The Hall–Kier alpha value is -2.33. The minimum absolute atomic E-state index is 0.0949. The van der Waals surface area contributed by atoms with Crippen LogP contribution >= 0.6 is 15.9 Å². The minimum Gasteiger partial charge on any atom is -0.482 e. The average molecular weight is 413 g/mol. The summed E-state index contributed by atoms with van der Waals surface area (Å²) in [6.45, 7) is 3.55. The highest BCUT2D eigenvalue weighted by atomic mass is 79.9. The third-order valence-corrected chi connectivity index (χ3v) is 4.49. The van der Waals surface area contributed by atoms with Crippen molar-refractivity contribution >= 4 is 32.7 Å². The monoisotopic (exact) mass is 412 g/mol. The summed E-state index contributed by atoms with van der Waals surface area (Å²) in [4.78, 5) is 11.8. The SMILES string of the molecule is CC(C)OC(=O)COc1ccc(Br)cc1Cc1cccc2ccccc12. The Balaban J connectivity index is 1.85. The molecule has 0 unspecified atom stereocenters. The van der Waals surface area contributed by atoms with E-state index in [4.69, 9.17) is 9.47 Å². The number of esters is 1. The lowest BCUT2D eigenvalue weighted by molar-refractivity contribution is -0.149. The summed E-state index contributed by atoms with van der Waals surface area (Å²) < 4.78 is 11.9. The number of hydrogen-bond donors (Lipinski definition) is 0. The predicted octanol–water partition coefficient (Wildman–Crippen LogP) is 5.52. The number of rotatable bonds is 6. The van der Waals surface area contributed by atoms with E-state index in [-0.39, 0.29) is 18.7 Å². The zero-order chi connectivity index (χ0) is 18.5. The molecule has 0 aliphatic carbocycles. The molecular weight excluding hydrogens is 392 g/mol. The zero-order valence-electron chi connectivity index (χ0n) is 14.9. The van der Waals surface area contributed by atoms with Crippen molar-refractivity contribution in [2.75, 3.05) is 6.61 Å². The van der Waals surface area contributed by atoms with Gasteiger partial charge in [-0.1, -0.05) is 58.4 Å². The number of fused-ring (bicyclic) bond motifs is 1. The maximum Gasteiger partial charge on any atom is 0.344 e. The lowest BCUT2D eigenvalue weighted by Gasteiger charge is -2.14. The van der Waals surface area contributed by atoms with Gasteiger partial charge in [-0.3, -0.25) is 0 Å². The van der Waals surface area contributed by atoms with Crippen molar-refractivity contribution in [1.82, 2.24) is 0 Å². The molecule has 3 nitrogen and oxygen atoms in total. The zero-order valence-corrected chi connectivity index (χ0v) is 16.5. The van der Waals surface area contributed by atoms with Crippen LogP contribution in [0, 0.1) is 0 Å². The molecule has 0 atom stereocenters. The molecule has 0 aliphatic heterocycles. The van der Waals surface area contributed by atoms with Crippen LogP contribution in [0.15, 0.2) is 65.1 Å². The van der Waals surface area contributed by atoms with Crippen LogP contribution in [-0.2, 0) is 16.0 Å². The van der Waals surface area contributed by atoms with E-state index in [0.717, 1.165) is 16.5 Å². The van der Waals surface area contributed by atoms with E-state index in [0.29, 0.717) is 5.75 Å². The van der Waals surface area contributed by atoms with Gasteiger partial charge in [0.1, 0.15) is 5.75 Å². The second-order valence-corrected chi connectivity index (χ2v) is 7.31. The maximum absolute atomic E-state index is 11.8. The molecule has 3 aromatic carbocycles. The Morgan fingerprint density at radius 3 is 2.58 bits per heavy atom. The van der Waals surface area contributed by atoms with Gasteiger partial charge in [-0.15, -0.1) is 0 Å². The van der Waals surface area contributed by atoms with Crippen molar-refractivity contribution in [3.8, 4) is 5.75 Å². The lowest BCUT2D eigenvalue weighted by atomic mass is 9.98. The number of ether oxygens (including phenoxy) is 2. The summed E-state index contributed by atoms with van der Waals surface area (Å²) in [5.41, 5.74) is 2.24. The van der Waals surface area contributed by atoms with E-state index >= 15 is 0 Å². The fourth-order valence-corrected chi connectivity index (χ4v) is 3.32. The van der Waals surface area contributed by atoms with E-state index in [1.165, 1.54) is 16.3 Å². The first-order valence-electron chi connectivity index (χ1n) is 8.60. The molecule has 26 heavy (non-hydrogen) atoms. The molecular formula is C22H21BrO3. The van der Waals surface area contributed by atoms with E-state index in [1.807, 2.05) is 44.2 Å². The average Bonchev–Trinajstić information content (AvgIpc) is 2.61. The molecule has 0 fully saturated rings. The highest BCUT2D eigenvalue weighted by molar-refractivity contribution is 9.10. The molecule has 0 amide bonds. The van der Waals surface area contributed by atoms with Crippen LogP contribution in [-0.4, -0.2) is 18.7 Å². The highest BCUT2D eigenvalue weighted by Crippen LogP contribution is 2.28. The van der Waals surface area contributed by atoms with Gasteiger partial charge in [0.15, 0.2) is 6.61 Å². The molecule has 4 heteroatoms. The normalized spacial score (nSPS) is 10.9. The number of benzene rings is 3. The van der Waals surface area contributed by atoms with Crippen molar-refractivity contribution in [3.05, 3.63) is 76.3 Å². The lowest BCUT2D eigenvalue weighted by Crippen LogP contribution is -2.19. The Morgan fingerprint density at radius 2 is 1.77 bits per heavy atom. The van der Waals surface area contributed by atoms with Crippen LogP contribution in [0.4, 0.5) is 0 Å². The topological polar surface area (TPSA) is 35.5 Å². The number of carbonyl (C=O) groups is 1. The molecule has 0 aromatic heterocycles. The first-order valence-corrected chi connectivity index (χ1v) is 9.39. The van der Waals surface area contributed by atoms with Gasteiger partial charge in [0.05, 0.1) is 6.10 Å². The molecule has 0 aliphatic rings. The molecule has 0 bridgehead atoms. The molecule has 134 valence electrons. The van der Waals surface area contributed by atoms with Gasteiger partial charge in [-0.2, -0.15) is 0 Å². The Morgan fingerprint density at radius 1 is 1.00 bits per heavy atom. The van der Waals surface area contributed by atoms with Gasteiger partial charge in [-0.25, -0.2) is 4.79 Å². The third kappa shape index (κ3) is 4.64. The Bertz CT molecular complexity index is 913. The van der Waals surface area contributed by atoms with Gasteiger partial charge >= 0.3 is 5.97 Å². The van der Waals surface area contributed by atoms with E-state index in [1.54, 1.807) is 0 Å². The molecule has 0 N–H and O–H groups in total. The fraction of sp³-hybridized carbons (Fsp3) is 0.227. The van der Waals surface area contributed by atoms with Gasteiger partial charge in [0.2, 0.25) is 0 Å². The van der Waals surface area contributed by atoms with E-state index < -0.39 is 0 Å². The summed E-state index contributed by atoms with van der Waals surface area (Å²) in [5, 5.41) is 2.43. The third-order valence-electron chi connectivity index (χ3n) is 4.00. The number of hydrogen-bond acceptors (Lipinski definition) is 3. The fourth-order valence-electron chi connectivity index (χ4n) is 2.91. The molecule has 0 saturated heterocycles. The first-order chi connectivity index (χ1) is 12.5. The van der Waals surface area contributed by atoms with Crippen LogP contribution in [0.2, 0.25) is 0 Å². The van der Waals surface area contributed by atoms with Crippen LogP contribution in [0.1, 0.15) is 25.0 Å². The summed E-state index contributed by atoms with van der Waals surface area (Å²) >= 11 is 3.53. The van der Waals surface area contributed by atoms with Crippen LogP contribution in [0.3, 0.4) is 0 Å². The van der Waals surface area contributed by atoms with Crippen LogP contribution in [0.25, 0.3) is 10.8 Å². The van der Waals surface area contributed by atoms with Crippen molar-refractivity contribution in [2.45, 2.75) is 26.4 Å². The van der Waals surface area contributed by atoms with Gasteiger partial charge in [-0.05, 0) is 53.9 Å². The minimum atomic E-state index is -0.362. The van der Waals surface area contributed by atoms with Crippen LogP contribution in [0.5, 0.6) is 5.75 Å². The standard InChI is InChI=1S/C22H21BrO3/c1-15(2)26-22(24)14-25-21-11-10-19(23)13-18(21)12-17-8-5-7-16-6-3-4-9-20(16)17/h3-11,13,15H,12,14H2,1-2H3. The summed E-state index contributed by atoms with van der Waals surface area (Å²) in [6.07, 6.45) is 0.571. The molecule has 0 radical (unpaired) electrons. The molecule has 0 spiro atoms. The number of carbonyl (C=O) groups excluding carboxylic acids is 1. The number of halogens is 1. The second kappa shape index (κ2) is 8.37. The second-order valence-electron chi connectivity index (χ2n) is 6.39. The highest BCUT2D eigenvalue weighted by Gasteiger charge is 2.11. The summed E-state index contributed by atoms with van der Waals surface area (Å²) in [6, 6.07) is 20.5. The van der Waals surface area contributed by atoms with Gasteiger partial charge in [0, 0.05) is 10.9 Å². The van der Waals surface area contributed by atoms with Crippen molar-refractivity contribution in [3.63, 3.8) is 0 Å². The Kier molecular flexibility index (Phi) is 5.94. The van der Waals surface area contributed by atoms with Crippen molar-refractivity contribution in [1.29, 1.82) is 0 Å². The van der Waals surface area contributed by atoms with Crippen molar-refractivity contribution in [2.24, 2.45) is 0 Å².